The van der Waals surface area contributed by atoms with E-state index in [1.165, 1.54) is 0 Å². The Morgan fingerprint density at radius 3 is 3.21 bits per heavy atom. The number of hydrogen-bond acceptors (Lipinski definition) is 5. The first-order valence-corrected chi connectivity index (χ1v) is 8.06. The number of H-pyrrole nitrogens is 1. The van der Waals surface area contributed by atoms with E-state index in [0.29, 0.717) is 18.0 Å². The van der Waals surface area contributed by atoms with E-state index >= 15 is 0 Å². The number of aliphatic hydroxyl groups excluding tert-OH is 1. The number of amides is 1. The van der Waals surface area contributed by atoms with E-state index < -0.39 is 6.10 Å². The van der Waals surface area contributed by atoms with Crippen molar-refractivity contribution in [3.05, 3.63) is 46.8 Å². The van der Waals surface area contributed by atoms with Crippen LogP contribution in [0.5, 0.6) is 5.75 Å². The third-order valence-electron chi connectivity index (χ3n) is 3.95. The van der Waals surface area contributed by atoms with Gasteiger partial charge in [0, 0.05) is 37.3 Å². The Balaban J connectivity index is 1.48. The second kappa shape index (κ2) is 7.46. The largest absolute Gasteiger partial charge is 0.491 e. The molecule has 7 heteroatoms. The van der Waals surface area contributed by atoms with Gasteiger partial charge < -0.3 is 20.5 Å². The van der Waals surface area contributed by atoms with Gasteiger partial charge in [-0.3, -0.25) is 9.89 Å². The first-order chi connectivity index (χ1) is 11.6. The molecule has 24 heavy (non-hydrogen) atoms. The van der Waals surface area contributed by atoms with Crippen LogP contribution in [0.3, 0.4) is 0 Å². The number of benzene rings is 1. The summed E-state index contributed by atoms with van der Waals surface area (Å²) in [5, 5.41) is 22.9. The van der Waals surface area contributed by atoms with Crippen LogP contribution in [0.15, 0.2) is 24.3 Å². The number of rotatable bonds is 6. The molecular weight excluding hydrogens is 308 g/mol. The highest BCUT2D eigenvalue weighted by Gasteiger charge is 2.21. The molecule has 1 amide bonds. The second-order valence-electron chi connectivity index (χ2n) is 5.95. The van der Waals surface area contributed by atoms with Gasteiger partial charge in [0.1, 0.15) is 18.5 Å². The van der Waals surface area contributed by atoms with Gasteiger partial charge in [0.05, 0.1) is 0 Å². The molecule has 0 aliphatic carbocycles. The Morgan fingerprint density at radius 2 is 2.38 bits per heavy atom. The molecule has 0 saturated heterocycles. The molecule has 1 aromatic carbocycles. The van der Waals surface area contributed by atoms with Crippen LogP contribution in [0, 0.1) is 6.92 Å². The predicted molar refractivity (Wildman–Crippen MR) is 89.0 cm³/mol. The van der Waals surface area contributed by atoms with Gasteiger partial charge in [-0.25, -0.2) is 0 Å². The number of fused-ring (bicyclic) bond motifs is 1. The van der Waals surface area contributed by atoms with E-state index in [4.69, 9.17) is 4.74 Å². The van der Waals surface area contributed by atoms with Gasteiger partial charge in [0.15, 0.2) is 5.69 Å². The van der Waals surface area contributed by atoms with Crippen LogP contribution in [0.1, 0.15) is 27.3 Å². The van der Waals surface area contributed by atoms with Crippen molar-refractivity contribution in [3.8, 4) is 5.75 Å². The molecule has 1 aliphatic heterocycles. The monoisotopic (exact) mass is 330 g/mol. The number of ether oxygens (including phenoxy) is 1. The van der Waals surface area contributed by atoms with E-state index in [2.05, 4.69) is 20.8 Å². The third-order valence-corrected chi connectivity index (χ3v) is 3.95. The summed E-state index contributed by atoms with van der Waals surface area (Å²) in [5.41, 5.74) is 3.39. The van der Waals surface area contributed by atoms with E-state index in [9.17, 15) is 9.90 Å². The fraction of sp³-hybridized carbons (Fsp3) is 0.412. The molecule has 4 N–H and O–H groups in total. The molecule has 1 aliphatic rings. The number of hydrogen-bond donors (Lipinski definition) is 4. The Kier molecular flexibility index (Phi) is 5.12. The molecule has 2 heterocycles. The van der Waals surface area contributed by atoms with Crippen molar-refractivity contribution in [2.75, 3.05) is 19.7 Å². The van der Waals surface area contributed by atoms with Crippen LogP contribution in [0.25, 0.3) is 0 Å². The Labute approximate surface area is 140 Å². The molecule has 3 rings (SSSR count). The maximum absolute atomic E-state index is 12.2. The van der Waals surface area contributed by atoms with Crippen molar-refractivity contribution >= 4 is 5.91 Å². The summed E-state index contributed by atoms with van der Waals surface area (Å²) in [6.45, 7) is 3.71. The van der Waals surface area contributed by atoms with Gasteiger partial charge in [-0.05, 0) is 24.6 Å². The lowest BCUT2D eigenvalue weighted by Crippen LogP contribution is -2.36. The molecule has 0 bridgehead atoms. The average Bonchev–Trinajstić information content (AvgIpc) is 3.02. The van der Waals surface area contributed by atoms with Crippen molar-refractivity contribution in [2.45, 2.75) is 26.0 Å². The van der Waals surface area contributed by atoms with Gasteiger partial charge in [0.2, 0.25) is 0 Å². The number of aromatic nitrogens is 2. The molecule has 0 spiro atoms. The summed E-state index contributed by atoms with van der Waals surface area (Å²) >= 11 is 0. The lowest BCUT2D eigenvalue weighted by Gasteiger charge is -2.15. The van der Waals surface area contributed by atoms with Crippen LogP contribution in [-0.4, -0.2) is 47.0 Å². The molecule has 0 radical (unpaired) electrons. The number of carbonyl (C=O) groups excluding carboxylic acids is 1. The summed E-state index contributed by atoms with van der Waals surface area (Å²) < 4.78 is 5.53. The maximum Gasteiger partial charge on any atom is 0.272 e. The zero-order chi connectivity index (χ0) is 16.9. The summed E-state index contributed by atoms with van der Waals surface area (Å²) in [6.07, 6.45) is 0.0464. The highest BCUT2D eigenvalue weighted by atomic mass is 16.5. The number of aryl methyl sites for hydroxylation is 1. The summed E-state index contributed by atoms with van der Waals surface area (Å²) in [6, 6.07) is 7.60. The summed E-state index contributed by atoms with van der Waals surface area (Å²) in [5.74, 6) is 0.415. The molecule has 128 valence electrons. The van der Waals surface area contributed by atoms with E-state index in [1.807, 2.05) is 31.2 Å². The van der Waals surface area contributed by atoms with Crippen molar-refractivity contribution in [3.63, 3.8) is 0 Å². The highest BCUT2D eigenvalue weighted by Crippen LogP contribution is 2.15. The maximum atomic E-state index is 12.2. The summed E-state index contributed by atoms with van der Waals surface area (Å²) in [7, 11) is 0. The number of aliphatic hydroxyl groups is 1. The minimum absolute atomic E-state index is 0.111. The third kappa shape index (κ3) is 3.93. The van der Waals surface area contributed by atoms with Crippen molar-refractivity contribution in [2.24, 2.45) is 0 Å². The van der Waals surface area contributed by atoms with Crippen molar-refractivity contribution in [1.82, 2.24) is 20.8 Å². The Bertz CT molecular complexity index is 714. The molecule has 0 fully saturated rings. The number of carbonyl (C=O) groups is 1. The second-order valence-corrected chi connectivity index (χ2v) is 5.95. The zero-order valence-corrected chi connectivity index (χ0v) is 13.6. The lowest BCUT2D eigenvalue weighted by molar-refractivity contribution is 0.0839. The molecule has 1 aromatic heterocycles. The van der Waals surface area contributed by atoms with Crippen LogP contribution < -0.4 is 15.4 Å². The fourth-order valence-electron chi connectivity index (χ4n) is 2.66. The van der Waals surface area contributed by atoms with Crippen LogP contribution in [-0.2, 0) is 13.0 Å². The van der Waals surface area contributed by atoms with Gasteiger partial charge >= 0.3 is 0 Å². The minimum Gasteiger partial charge on any atom is -0.491 e. The first-order valence-electron chi connectivity index (χ1n) is 8.06. The smallest absolute Gasteiger partial charge is 0.272 e. The SMILES string of the molecule is Cc1cccc(OCC(O)CNC(=O)c2n[nH]c3c2CNCC3)c1. The van der Waals surface area contributed by atoms with Crippen molar-refractivity contribution in [1.29, 1.82) is 0 Å². The normalized spacial score (nSPS) is 14.8. The van der Waals surface area contributed by atoms with Crippen LogP contribution >= 0.6 is 0 Å². The van der Waals surface area contributed by atoms with Gasteiger partial charge in [-0.2, -0.15) is 5.10 Å². The van der Waals surface area contributed by atoms with Crippen molar-refractivity contribution < 1.29 is 14.6 Å². The summed E-state index contributed by atoms with van der Waals surface area (Å²) in [4.78, 5) is 12.2. The lowest BCUT2D eigenvalue weighted by atomic mass is 10.1. The van der Waals surface area contributed by atoms with Gasteiger partial charge in [0.25, 0.3) is 5.91 Å². The van der Waals surface area contributed by atoms with E-state index in [0.717, 1.165) is 29.8 Å². The van der Waals surface area contributed by atoms with E-state index in [1.54, 1.807) is 0 Å². The van der Waals surface area contributed by atoms with Crippen LogP contribution in [0.2, 0.25) is 0 Å². The standard InChI is InChI=1S/C17H22N4O3/c1-11-3-2-4-13(7-11)24-10-12(22)8-19-17(23)16-14-9-18-6-5-15(14)20-21-16/h2-4,7,12,18,22H,5-6,8-10H2,1H3,(H,19,23)(H,20,21). The molecule has 1 unspecified atom stereocenters. The van der Waals surface area contributed by atoms with Gasteiger partial charge in [-0.15, -0.1) is 0 Å². The van der Waals surface area contributed by atoms with E-state index in [-0.39, 0.29) is 19.1 Å². The quantitative estimate of drug-likeness (QED) is 0.619. The number of aromatic amines is 1. The Morgan fingerprint density at radius 1 is 1.50 bits per heavy atom. The van der Waals surface area contributed by atoms with Crippen LogP contribution in [0.4, 0.5) is 0 Å². The molecular formula is C17H22N4O3. The zero-order valence-electron chi connectivity index (χ0n) is 13.6. The average molecular weight is 330 g/mol. The first kappa shape index (κ1) is 16.5. The molecule has 2 aromatic rings. The predicted octanol–water partition coefficient (Wildman–Crippen LogP) is 0.534. The number of nitrogens with zero attached hydrogens (tertiary/aromatic N) is 1. The topological polar surface area (TPSA) is 99.3 Å². The molecule has 1 atom stereocenters. The molecule has 0 saturated carbocycles. The Hall–Kier alpha value is -2.38. The highest BCUT2D eigenvalue weighted by molar-refractivity contribution is 5.94. The minimum atomic E-state index is -0.789. The van der Waals surface area contributed by atoms with Gasteiger partial charge in [-0.1, -0.05) is 12.1 Å². The fourth-order valence-corrected chi connectivity index (χ4v) is 2.66. The molecule has 7 nitrogen and oxygen atoms in total. The number of nitrogens with one attached hydrogen (secondary N) is 3.